The minimum Gasteiger partial charge on any atom is -0.512 e. The predicted molar refractivity (Wildman–Crippen MR) is 180 cm³/mol. The zero-order valence-corrected chi connectivity index (χ0v) is 29.5. The molecule has 0 unspecified atom stereocenters. The quantitative estimate of drug-likeness (QED) is 0.0533. The molecule has 2 aromatic heterocycles. The van der Waals surface area contributed by atoms with Crippen LogP contribution in [0.4, 0.5) is 5.69 Å². The van der Waals surface area contributed by atoms with Crippen molar-refractivity contribution in [3.05, 3.63) is 78.8 Å². The van der Waals surface area contributed by atoms with E-state index >= 15 is 0 Å². The van der Waals surface area contributed by atoms with Crippen LogP contribution in [0.15, 0.2) is 72.8 Å². The molecule has 5 aromatic rings. The summed E-state index contributed by atoms with van der Waals surface area (Å²) in [6, 6.07) is 22.6. The van der Waals surface area contributed by atoms with Crippen LogP contribution in [0, 0.1) is 17.9 Å². The number of fused-ring (bicyclic) bond motifs is 3. The van der Waals surface area contributed by atoms with Crippen molar-refractivity contribution in [3.63, 3.8) is 0 Å². The number of nitrogens with zero attached hydrogens (tertiary/aromatic N) is 3. The van der Waals surface area contributed by atoms with E-state index in [0.29, 0.717) is 4.48 Å². The van der Waals surface area contributed by atoms with Crippen molar-refractivity contribution >= 4 is 54.6 Å². The normalized spacial score (nSPS) is 12.1. The summed E-state index contributed by atoms with van der Waals surface area (Å²) in [5, 5.41) is 14.4. The Morgan fingerprint density at radius 2 is 1.53 bits per heavy atom. The second kappa shape index (κ2) is 15.2. The Balaban J connectivity index is 0.000000274. The number of hydrogen-bond acceptors (Lipinski definition) is 5. The number of carbonyl (C=O) groups is 1. The Kier molecular flexibility index (Phi) is 12.2. The van der Waals surface area contributed by atoms with E-state index in [4.69, 9.17) is 4.98 Å². The van der Waals surface area contributed by atoms with E-state index in [1.165, 1.54) is 27.2 Å². The minimum absolute atomic E-state index is 0. The molecule has 0 bridgehead atoms. The molecule has 5 nitrogen and oxygen atoms in total. The van der Waals surface area contributed by atoms with E-state index in [-0.39, 0.29) is 43.5 Å². The molecule has 2 heterocycles. The fourth-order valence-corrected chi connectivity index (χ4v) is 6.52. The van der Waals surface area contributed by atoms with Crippen molar-refractivity contribution in [2.24, 2.45) is 11.8 Å². The molecule has 0 saturated heterocycles. The van der Waals surface area contributed by atoms with Gasteiger partial charge < -0.3 is 5.11 Å². The molecule has 0 spiro atoms. The van der Waals surface area contributed by atoms with Gasteiger partial charge in [0.25, 0.3) is 0 Å². The first-order valence-electron chi connectivity index (χ1n) is 15.0. The first-order chi connectivity index (χ1) is 20.1. The van der Waals surface area contributed by atoms with Crippen molar-refractivity contribution in [1.29, 1.82) is 0 Å². The Bertz CT molecular complexity index is 1680. The van der Waals surface area contributed by atoms with Crippen LogP contribution in [0.3, 0.4) is 0 Å². The fourth-order valence-electron chi connectivity index (χ4n) is 5.51. The van der Waals surface area contributed by atoms with Crippen LogP contribution in [0.25, 0.3) is 42.3 Å². The molecule has 0 atom stereocenters. The van der Waals surface area contributed by atoms with Crippen LogP contribution < -0.4 is 4.48 Å². The average molecular weight is 774 g/mol. The maximum Gasteiger partial charge on any atom is 0.165 e. The van der Waals surface area contributed by atoms with Gasteiger partial charge in [-0.25, -0.2) is 16.3 Å². The summed E-state index contributed by atoms with van der Waals surface area (Å²) in [6.45, 7) is 8.07. The molecule has 1 radical (unpaired) electrons. The third-order valence-corrected chi connectivity index (χ3v) is 9.01. The molecular formula is C36H43IrN3O2S. The summed E-state index contributed by atoms with van der Waals surface area (Å²) in [4.78, 5) is 22.1. The smallest absolute Gasteiger partial charge is 0.165 e. The molecule has 7 heteroatoms. The maximum atomic E-state index is 11.7. The summed E-state index contributed by atoms with van der Waals surface area (Å²) in [5.74, 6) is 0.547. The summed E-state index contributed by atoms with van der Waals surface area (Å²) in [7, 11) is 6.57. The SMILES string of the molecule is CCC(CC)C(=O)/C=C(\O)C(CC)CC.C[N+](C)(C)c1c2ccccc2cc2c(-c3[c-]c4ccccc4s3)ncnc12.[Ir]. The zero-order valence-electron chi connectivity index (χ0n) is 26.3. The molecular weight excluding hydrogens is 731 g/mol. The first kappa shape index (κ1) is 34.5. The number of carbonyl (C=O) groups excluding carboxylic acids is 1. The summed E-state index contributed by atoms with van der Waals surface area (Å²) < 4.78 is 1.93. The number of aromatic nitrogens is 2. The molecule has 0 fully saturated rings. The number of aliphatic hydroxyl groups excluding tert-OH is 1. The monoisotopic (exact) mass is 774 g/mol. The van der Waals surface area contributed by atoms with Gasteiger partial charge in [0.2, 0.25) is 0 Å². The number of rotatable bonds is 9. The molecule has 5 rings (SSSR count). The predicted octanol–water partition coefficient (Wildman–Crippen LogP) is 9.53. The van der Waals surface area contributed by atoms with Crippen molar-refractivity contribution < 1.29 is 30.0 Å². The van der Waals surface area contributed by atoms with Crippen LogP contribution in [-0.2, 0) is 24.9 Å². The van der Waals surface area contributed by atoms with Gasteiger partial charge in [-0.3, -0.25) is 14.3 Å². The van der Waals surface area contributed by atoms with Gasteiger partial charge in [-0.15, -0.1) is 23.6 Å². The molecule has 0 aliphatic carbocycles. The minimum atomic E-state index is 0. The molecule has 1 N–H and O–H groups in total. The van der Waals surface area contributed by atoms with Gasteiger partial charge in [-0.05, 0) is 52.1 Å². The zero-order chi connectivity index (χ0) is 30.4. The van der Waals surface area contributed by atoms with E-state index in [1.807, 2.05) is 27.7 Å². The number of aliphatic hydroxyl groups is 1. The van der Waals surface area contributed by atoms with Gasteiger partial charge in [0.1, 0.15) is 11.8 Å². The standard InChI is InChI=1S/C23H19N3S.C13H24O2.Ir/c1-26(2,3)23-17-10-6-4-8-15(17)12-18-21(24-14-25-22(18)23)20-13-16-9-5-7-11-19(16)27-20;1-5-10(6-2)12(14)9-13(15)11(7-3)8-4;/h4-12,14H,1-3H3;9-11,14H,5-8H2,1-4H3;/b;12-9-;. The van der Waals surface area contributed by atoms with Crippen LogP contribution in [0.5, 0.6) is 0 Å². The summed E-state index contributed by atoms with van der Waals surface area (Å²) in [6.07, 6.45) is 6.59. The van der Waals surface area contributed by atoms with Crippen molar-refractivity contribution in [2.45, 2.75) is 53.4 Å². The van der Waals surface area contributed by atoms with Gasteiger partial charge in [-0.2, -0.15) is 0 Å². The molecule has 0 amide bonds. The number of allylic oxidation sites excluding steroid dienone is 2. The molecule has 3 aromatic carbocycles. The molecule has 0 saturated carbocycles. The molecule has 229 valence electrons. The van der Waals surface area contributed by atoms with E-state index in [2.05, 4.69) is 86.8 Å². The van der Waals surface area contributed by atoms with E-state index in [9.17, 15) is 9.90 Å². The van der Waals surface area contributed by atoms with Crippen LogP contribution in [-0.4, -0.2) is 42.0 Å². The Hall–Kier alpha value is -2.96. The van der Waals surface area contributed by atoms with E-state index < -0.39 is 0 Å². The van der Waals surface area contributed by atoms with E-state index in [1.54, 1.807) is 17.7 Å². The van der Waals surface area contributed by atoms with Crippen molar-refractivity contribution in [3.8, 4) is 10.6 Å². The maximum absolute atomic E-state index is 11.7. The third kappa shape index (κ3) is 7.77. The second-order valence-corrected chi connectivity index (χ2v) is 12.7. The number of thiophene rings is 1. The molecule has 43 heavy (non-hydrogen) atoms. The van der Waals surface area contributed by atoms with Gasteiger partial charge >= 0.3 is 0 Å². The fraction of sp³-hybridized carbons (Fsp3) is 0.361. The summed E-state index contributed by atoms with van der Waals surface area (Å²) >= 11 is 1.73. The first-order valence-corrected chi connectivity index (χ1v) is 15.8. The third-order valence-electron chi connectivity index (χ3n) is 7.94. The van der Waals surface area contributed by atoms with Crippen LogP contribution in [0.1, 0.15) is 53.4 Å². The largest absolute Gasteiger partial charge is 0.512 e. The molecule has 0 aliphatic rings. The molecule has 0 aliphatic heterocycles. The Morgan fingerprint density at radius 3 is 2.16 bits per heavy atom. The Morgan fingerprint density at radius 1 is 0.907 bits per heavy atom. The van der Waals surface area contributed by atoms with Gasteiger partial charge in [0.15, 0.2) is 11.5 Å². The van der Waals surface area contributed by atoms with Gasteiger partial charge in [0.05, 0.1) is 26.9 Å². The van der Waals surface area contributed by atoms with Gasteiger partial charge in [0, 0.05) is 49.1 Å². The average Bonchev–Trinajstić information content (AvgIpc) is 3.41. The number of quaternary nitrogens is 1. The number of benzene rings is 3. The van der Waals surface area contributed by atoms with Crippen LogP contribution in [0.2, 0.25) is 0 Å². The summed E-state index contributed by atoms with van der Waals surface area (Å²) in [5.41, 5.74) is 3.19. The number of ketones is 1. The van der Waals surface area contributed by atoms with Crippen molar-refractivity contribution in [2.75, 3.05) is 21.1 Å². The second-order valence-electron chi connectivity index (χ2n) is 11.6. The topological polar surface area (TPSA) is 63.1 Å². The van der Waals surface area contributed by atoms with E-state index in [0.717, 1.165) is 52.5 Å². The number of hydrogen-bond donors (Lipinski definition) is 1. The Labute approximate surface area is 273 Å². The van der Waals surface area contributed by atoms with Crippen molar-refractivity contribution in [1.82, 2.24) is 14.5 Å². The van der Waals surface area contributed by atoms with Crippen LogP contribution >= 0.6 is 11.3 Å². The van der Waals surface area contributed by atoms with Gasteiger partial charge in [-0.1, -0.05) is 64.1 Å².